The summed E-state index contributed by atoms with van der Waals surface area (Å²) < 4.78 is 16.2. The standard InChI is InChI=1S/C24H24ClNO6S/c1-5-31-23(28)15(3)26-22(27)20(33-24(26)29)12-17-10-18(25)21(19(11-17)30-4)32-13-16-8-6-14(2)7-9-16/h6-12,15H,5,13H2,1-4H3/b20-12+/t15-/m0/s1. The second-order valence-electron chi connectivity index (χ2n) is 7.29. The van der Waals surface area contributed by atoms with Crippen LogP contribution >= 0.6 is 23.4 Å². The van der Waals surface area contributed by atoms with Gasteiger partial charge in [-0.05, 0) is 61.9 Å². The highest BCUT2D eigenvalue weighted by molar-refractivity contribution is 8.18. The minimum atomic E-state index is -1.01. The minimum Gasteiger partial charge on any atom is -0.493 e. The van der Waals surface area contributed by atoms with Crippen LogP contribution in [0.15, 0.2) is 41.3 Å². The Hall–Kier alpha value is -2.97. The molecule has 0 spiro atoms. The number of carbonyl (C=O) groups is 3. The number of rotatable bonds is 8. The quantitative estimate of drug-likeness (QED) is 0.371. The van der Waals surface area contributed by atoms with Gasteiger partial charge in [-0.3, -0.25) is 14.5 Å². The van der Waals surface area contributed by atoms with Crippen LogP contribution in [0, 0.1) is 6.92 Å². The highest BCUT2D eigenvalue weighted by atomic mass is 35.5. The van der Waals surface area contributed by atoms with E-state index in [4.69, 9.17) is 25.8 Å². The molecular weight excluding hydrogens is 466 g/mol. The van der Waals surface area contributed by atoms with E-state index < -0.39 is 23.2 Å². The Morgan fingerprint density at radius 1 is 1.21 bits per heavy atom. The van der Waals surface area contributed by atoms with Crippen LogP contribution < -0.4 is 9.47 Å². The molecule has 1 aliphatic rings. The van der Waals surface area contributed by atoms with Crippen LogP contribution in [0.25, 0.3) is 6.08 Å². The fraction of sp³-hybridized carbons (Fsp3) is 0.292. The Morgan fingerprint density at radius 2 is 1.91 bits per heavy atom. The van der Waals surface area contributed by atoms with Crippen LogP contribution in [-0.2, 0) is 20.9 Å². The summed E-state index contributed by atoms with van der Waals surface area (Å²) in [6.07, 6.45) is 1.53. The summed E-state index contributed by atoms with van der Waals surface area (Å²) in [4.78, 5) is 38.2. The van der Waals surface area contributed by atoms with E-state index in [1.807, 2.05) is 31.2 Å². The fourth-order valence-corrected chi connectivity index (χ4v) is 4.32. The molecule has 1 heterocycles. The van der Waals surface area contributed by atoms with Crippen molar-refractivity contribution >= 4 is 46.6 Å². The van der Waals surface area contributed by atoms with Gasteiger partial charge in [0.1, 0.15) is 12.6 Å². The van der Waals surface area contributed by atoms with Crippen molar-refractivity contribution in [1.82, 2.24) is 4.90 Å². The van der Waals surface area contributed by atoms with Crippen LogP contribution in [0.4, 0.5) is 4.79 Å². The first-order valence-corrected chi connectivity index (χ1v) is 11.4. The largest absolute Gasteiger partial charge is 0.493 e. The van der Waals surface area contributed by atoms with Gasteiger partial charge in [0.25, 0.3) is 11.1 Å². The third kappa shape index (κ3) is 5.69. The van der Waals surface area contributed by atoms with E-state index in [2.05, 4.69) is 0 Å². The number of nitrogens with zero attached hydrogens (tertiary/aromatic N) is 1. The maximum absolute atomic E-state index is 12.8. The lowest BCUT2D eigenvalue weighted by Gasteiger charge is -2.19. The van der Waals surface area contributed by atoms with Crippen LogP contribution in [0.2, 0.25) is 5.02 Å². The van der Waals surface area contributed by atoms with Gasteiger partial charge in [-0.2, -0.15) is 0 Å². The Morgan fingerprint density at radius 3 is 2.55 bits per heavy atom. The molecule has 1 saturated heterocycles. The number of methoxy groups -OCH3 is 1. The first-order valence-electron chi connectivity index (χ1n) is 10.2. The molecule has 33 heavy (non-hydrogen) atoms. The van der Waals surface area contributed by atoms with E-state index in [0.717, 1.165) is 27.8 Å². The number of imide groups is 1. The summed E-state index contributed by atoms with van der Waals surface area (Å²) in [5, 5.41) is -0.241. The zero-order chi connectivity index (χ0) is 24.1. The third-order valence-electron chi connectivity index (χ3n) is 4.89. The summed E-state index contributed by atoms with van der Waals surface area (Å²) in [6, 6.07) is 10.2. The SMILES string of the molecule is CCOC(=O)[C@H](C)N1C(=O)S/C(=C/c2cc(Cl)c(OCc3ccc(C)cc3)c(OC)c2)C1=O. The number of benzene rings is 2. The summed E-state index contributed by atoms with van der Waals surface area (Å²) in [5.41, 5.74) is 2.68. The van der Waals surface area contributed by atoms with Gasteiger partial charge in [0.2, 0.25) is 0 Å². The number of ether oxygens (including phenoxy) is 3. The van der Waals surface area contributed by atoms with Crippen molar-refractivity contribution in [2.75, 3.05) is 13.7 Å². The fourth-order valence-electron chi connectivity index (χ4n) is 3.14. The first-order chi connectivity index (χ1) is 15.7. The number of halogens is 1. The molecule has 2 amide bonds. The van der Waals surface area contributed by atoms with Crippen molar-refractivity contribution in [2.24, 2.45) is 0 Å². The van der Waals surface area contributed by atoms with Crippen LogP contribution in [0.1, 0.15) is 30.5 Å². The molecule has 1 atom stereocenters. The Kier molecular flexibility index (Phi) is 8.05. The highest BCUT2D eigenvalue weighted by Crippen LogP contribution is 2.39. The van der Waals surface area contributed by atoms with E-state index in [9.17, 15) is 14.4 Å². The van der Waals surface area contributed by atoms with Crippen molar-refractivity contribution < 1.29 is 28.6 Å². The Labute approximate surface area is 201 Å². The van der Waals surface area contributed by atoms with Gasteiger partial charge >= 0.3 is 5.97 Å². The number of amides is 2. The predicted octanol–water partition coefficient (Wildman–Crippen LogP) is 5.22. The number of hydrogen-bond donors (Lipinski definition) is 0. The molecular formula is C24H24ClNO6S. The van der Waals surface area contributed by atoms with Crippen LogP contribution in [0.5, 0.6) is 11.5 Å². The molecule has 7 nitrogen and oxygen atoms in total. The monoisotopic (exact) mass is 489 g/mol. The number of carbonyl (C=O) groups excluding carboxylic acids is 3. The molecule has 9 heteroatoms. The van der Waals surface area contributed by atoms with Crippen molar-refractivity contribution in [2.45, 2.75) is 33.4 Å². The zero-order valence-corrected chi connectivity index (χ0v) is 20.3. The van der Waals surface area contributed by atoms with Crippen LogP contribution in [0.3, 0.4) is 0 Å². The molecule has 0 radical (unpaired) electrons. The number of hydrogen-bond acceptors (Lipinski definition) is 7. The van der Waals surface area contributed by atoms with Crippen molar-refractivity contribution in [1.29, 1.82) is 0 Å². The van der Waals surface area contributed by atoms with E-state index in [-0.39, 0.29) is 11.5 Å². The van der Waals surface area contributed by atoms with Crippen molar-refractivity contribution in [3.8, 4) is 11.5 Å². The van der Waals surface area contributed by atoms with Gasteiger partial charge in [-0.15, -0.1) is 0 Å². The number of thioether (sulfide) groups is 1. The molecule has 0 N–H and O–H groups in total. The van der Waals surface area contributed by atoms with Crippen molar-refractivity contribution in [3.63, 3.8) is 0 Å². The normalized spacial score (nSPS) is 15.7. The average molecular weight is 490 g/mol. The number of aryl methyl sites for hydroxylation is 1. The van der Waals surface area contributed by atoms with E-state index in [0.29, 0.717) is 28.7 Å². The maximum Gasteiger partial charge on any atom is 0.329 e. The summed E-state index contributed by atoms with van der Waals surface area (Å²) >= 11 is 7.19. The van der Waals surface area contributed by atoms with Gasteiger partial charge in [0, 0.05) is 0 Å². The molecule has 1 aliphatic heterocycles. The van der Waals surface area contributed by atoms with Gasteiger partial charge in [0.05, 0.1) is 23.6 Å². The maximum atomic E-state index is 12.8. The van der Waals surface area contributed by atoms with E-state index in [1.165, 1.54) is 20.1 Å². The highest BCUT2D eigenvalue weighted by Gasteiger charge is 2.41. The second-order valence-corrected chi connectivity index (χ2v) is 8.69. The van der Waals surface area contributed by atoms with E-state index >= 15 is 0 Å². The number of esters is 1. The smallest absolute Gasteiger partial charge is 0.329 e. The van der Waals surface area contributed by atoms with Gasteiger partial charge in [-0.25, -0.2) is 4.79 Å². The topological polar surface area (TPSA) is 82.1 Å². The molecule has 174 valence electrons. The Balaban J connectivity index is 1.81. The third-order valence-corrected chi connectivity index (χ3v) is 6.06. The summed E-state index contributed by atoms with van der Waals surface area (Å²) in [7, 11) is 1.49. The lowest BCUT2D eigenvalue weighted by molar-refractivity contribution is -0.150. The predicted molar refractivity (Wildman–Crippen MR) is 127 cm³/mol. The molecule has 3 rings (SSSR count). The van der Waals surface area contributed by atoms with Crippen molar-refractivity contribution in [3.05, 3.63) is 63.0 Å². The van der Waals surface area contributed by atoms with Gasteiger partial charge in [-0.1, -0.05) is 41.4 Å². The summed E-state index contributed by atoms with van der Waals surface area (Å²) in [5.74, 6) is -0.443. The molecule has 0 bridgehead atoms. The van der Waals surface area contributed by atoms with Crippen LogP contribution in [-0.4, -0.2) is 41.8 Å². The lowest BCUT2D eigenvalue weighted by atomic mass is 10.1. The van der Waals surface area contributed by atoms with E-state index in [1.54, 1.807) is 19.1 Å². The Bertz CT molecular complexity index is 1100. The average Bonchev–Trinajstić information content (AvgIpc) is 3.06. The molecule has 1 fully saturated rings. The minimum absolute atomic E-state index is 0.159. The molecule has 0 unspecified atom stereocenters. The molecule has 0 aromatic heterocycles. The zero-order valence-electron chi connectivity index (χ0n) is 18.7. The molecule has 0 saturated carbocycles. The molecule has 2 aromatic carbocycles. The lowest BCUT2D eigenvalue weighted by Crippen LogP contribution is -2.42. The second kappa shape index (κ2) is 10.8. The first kappa shape index (κ1) is 24.7. The molecule has 2 aromatic rings. The van der Waals surface area contributed by atoms with Gasteiger partial charge < -0.3 is 14.2 Å². The van der Waals surface area contributed by atoms with Gasteiger partial charge in [0.15, 0.2) is 11.5 Å². The molecule has 0 aliphatic carbocycles. The summed E-state index contributed by atoms with van der Waals surface area (Å²) in [6.45, 7) is 5.59.